The fraction of sp³-hybridized carbons (Fsp3) is 0.389. The van der Waals surface area contributed by atoms with E-state index in [1.807, 2.05) is 0 Å². The number of oxime groups is 1. The van der Waals surface area contributed by atoms with Crippen molar-refractivity contribution in [3.05, 3.63) is 35.4 Å². The standard InChI is InChI=1S/C18H20N4O8S/c1-3-19-18(27)30-7-9-8-31-16-12(15(24)22(16)13(9)17(25)26)20-14(23)11(21-28-2)10-5-4-6-29-10/h4-6,12,16H,3,7-8H2,1-2H3,(H,19,27)(H,20,23)(H,25,26)/b21-11-/t12-,16-/m1/s1. The number of nitrogens with one attached hydrogen (secondary N) is 2. The van der Waals surface area contributed by atoms with Crippen molar-refractivity contribution in [1.29, 1.82) is 0 Å². The van der Waals surface area contributed by atoms with Crippen LogP contribution in [-0.2, 0) is 24.0 Å². The van der Waals surface area contributed by atoms with E-state index in [1.165, 1.54) is 31.2 Å². The van der Waals surface area contributed by atoms with Crippen molar-refractivity contribution < 1.29 is 38.3 Å². The number of carboxylic acid groups (broad SMARTS) is 1. The Morgan fingerprint density at radius 1 is 1.42 bits per heavy atom. The molecule has 0 aromatic carbocycles. The molecular weight excluding hydrogens is 432 g/mol. The van der Waals surface area contributed by atoms with Gasteiger partial charge in [-0.1, -0.05) is 5.16 Å². The van der Waals surface area contributed by atoms with E-state index in [4.69, 9.17) is 9.15 Å². The number of carboxylic acids is 1. The number of thioether (sulfide) groups is 1. The maximum atomic E-state index is 12.7. The van der Waals surface area contributed by atoms with E-state index in [-0.39, 0.29) is 35.1 Å². The maximum absolute atomic E-state index is 12.7. The zero-order valence-electron chi connectivity index (χ0n) is 16.6. The lowest BCUT2D eigenvalue weighted by atomic mass is 10.0. The van der Waals surface area contributed by atoms with Crippen molar-refractivity contribution in [2.45, 2.75) is 18.3 Å². The highest BCUT2D eigenvalue weighted by Crippen LogP contribution is 2.40. The molecule has 0 saturated carbocycles. The van der Waals surface area contributed by atoms with Gasteiger partial charge in [0.25, 0.3) is 11.8 Å². The minimum atomic E-state index is -1.32. The van der Waals surface area contributed by atoms with Crippen LogP contribution in [0.5, 0.6) is 0 Å². The Balaban J connectivity index is 1.73. The van der Waals surface area contributed by atoms with E-state index in [0.717, 1.165) is 4.90 Å². The van der Waals surface area contributed by atoms with Crippen LogP contribution in [0.4, 0.5) is 4.79 Å². The van der Waals surface area contributed by atoms with Crippen LogP contribution >= 0.6 is 11.8 Å². The smallest absolute Gasteiger partial charge is 0.407 e. The number of ether oxygens (including phenoxy) is 1. The van der Waals surface area contributed by atoms with Crippen LogP contribution < -0.4 is 10.6 Å². The summed E-state index contributed by atoms with van der Waals surface area (Å²) in [5.74, 6) is -2.28. The van der Waals surface area contributed by atoms with E-state index < -0.39 is 35.3 Å². The lowest BCUT2D eigenvalue weighted by molar-refractivity contribution is -0.150. The molecular formula is C18H20N4O8S. The van der Waals surface area contributed by atoms with Crippen molar-refractivity contribution in [2.75, 3.05) is 26.0 Å². The van der Waals surface area contributed by atoms with Crippen LogP contribution in [0.3, 0.4) is 0 Å². The third kappa shape index (κ3) is 4.50. The first kappa shape index (κ1) is 22.2. The highest BCUT2D eigenvalue weighted by atomic mass is 32.2. The summed E-state index contributed by atoms with van der Waals surface area (Å²) in [7, 11) is 1.26. The summed E-state index contributed by atoms with van der Waals surface area (Å²) in [6.45, 7) is 1.81. The highest BCUT2D eigenvalue weighted by Gasteiger charge is 2.54. The van der Waals surface area contributed by atoms with Crippen LogP contribution in [0.2, 0.25) is 0 Å². The number of nitrogens with zero attached hydrogens (tertiary/aromatic N) is 2. The van der Waals surface area contributed by atoms with Gasteiger partial charge in [0.2, 0.25) is 5.71 Å². The number of aliphatic carboxylic acids is 1. The SMILES string of the molecule is CCNC(=O)OCC1=C(C(=O)O)N2C(=O)[C@@H](NC(=O)/C(=N\OC)c3ccco3)[C@H]2SC1. The van der Waals surface area contributed by atoms with Crippen molar-refractivity contribution in [3.8, 4) is 0 Å². The zero-order valence-corrected chi connectivity index (χ0v) is 17.4. The highest BCUT2D eigenvalue weighted by molar-refractivity contribution is 8.00. The molecule has 0 unspecified atom stereocenters. The predicted octanol–water partition coefficient (Wildman–Crippen LogP) is 0.115. The topological polar surface area (TPSA) is 160 Å². The monoisotopic (exact) mass is 452 g/mol. The molecule has 0 radical (unpaired) electrons. The number of furan rings is 1. The number of hydrogen-bond acceptors (Lipinski definition) is 9. The summed E-state index contributed by atoms with van der Waals surface area (Å²) in [5, 5.41) is 17.6. The molecule has 2 atom stereocenters. The van der Waals surface area contributed by atoms with Crippen LogP contribution in [0.25, 0.3) is 0 Å². The molecule has 0 bridgehead atoms. The number of hydrogen-bond donors (Lipinski definition) is 3. The Kier molecular flexibility index (Phi) is 6.84. The molecule has 2 aliphatic rings. The van der Waals surface area contributed by atoms with Gasteiger partial charge in [-0.3, -0.25) is 14.5 Å². The molecule has 3 amide bonds. The van der Waals surface area contributed by atoms with E-state index in [0.29, 0.717) is 6.54 Å². The van der Waals surface area contributed by atoms with Gasteiger partial charge in [0.05, 0.1) is 6.26 Å². The molecule has 12 nitrogen and oxygen atoms in total. The van der Waals surface area contributed by atoms with E-state index >= 15 is 0 Å². The summed E-state index contributed by atoms with van der Waals surface area (Å²) >= 11 is 1.25. The quantitative estimate of drug-likeness (QED) is 0.283. The molecule has 3 heterocycles. The van der Waals surface area contributed by atoms with E-state index in [2.05, 4.69) is 20.6 Å². The number of alkyl carbamates (subject to hydrolysis) is 1. The Hall–Kier alpha value is -3.48. The molecule has 1 fully saturated rings. The van der Waals surface area contributed by atoms with Gasteiger partial charge in [-0.15, -0.1) is 11.8 Å². The van der Waals surface area contributed by atoms with Gasteiger partial charge in [0.1, 0.15) is 30.8 Å². The van der Waals surface area contributed by atoms with Crippen LogP contribution in [0, 0.1) is 0 Å². The van der Waals surface area contributed by atoms with Gasteiger partial charge in [-0.25, -0.2) is 9.59 Å². The second kappa shape index (κ2) is 9.55. The van der Waals surface area contributed by atoms with Gasteiger partial charge >= 0.3 is 12.1 Å². The van der Waals surface area contributed by atoms with E-state index in [1.54, 1.807) is 13.0 Å². The molecule has 3 N–H and O–H groups in total. The van der Waals surface area contributed by atoms with E-state index in [9.17, 15) is 24.3 Å². The average molecular weight is 452 g/mol. The number of β-lactam (4-membered cyclic amide) rings is 1. The number of rotatable bonds is 8. The molecule has 0 aliphatic carbocycles. The minimum absolute atomic E-state index is 0.148. The van der Waals surface area contributed by atoms with Crippen LogP contribution in [0.15, 0.2) is 39.2 Å². The molecule has 13 heteroatoms. The fourth-order valence-electron chi connectivity index (χ4n) is 3.05. The van der Waals surface area contributed by atoms with Crippen molar-refractivity contribution >= 4 is 41.4 Å². The lowest BCUT2D eigenvalue weighted by Gasteiger charge is -2.49. The summed E-state index contributed by atoms with van der Waals surface area (Å²) in [6, 6.07) is 2.11. The van der Waals surface area contributed by atoms with Gasteiger partial charge in [-0.2, -0.15) is 0 Å². The molecule has 1 saturated heterocycles. The third-order valence-electron chi connectivity index (χ3n) is 4.39. The van der Waals surface area contributed by atoms with Gasteiger partial charge in [-0.05, 0) is 19.1 Å². The summed E-state index contributed by atoms with van der Waals surface area (Å²) in [4.78, 5) is 54.4. The van der Waals surface area contributed by atoms with Crippen molar-refractivity contribution in [2.24, 2.45) is 5.16 Å². The molecule has 2 aliphatic heterocycles. The Bertz CT molecular complexity index is 942. The summed E-state index contributed by atoms with van der Waals surface area (Å²) in [5.41, 5.74) is -0.125. The maximum Gasteiger partial charge on any atom is 0.407 e. The van der Waals surface area contributed by atoms with Crippen LogP contribution in [-0.4, -0.2) is 77.0 Å². The lowest BCUT2D eigenvalue weighted by Crippen LogP contribution is -2.71. The Labute approximate surface area is 180 Å². The molecule has 31 heavy (non-hydrogen) atoms. The number of amides is 3. The van der Waals surface area contributed by atoms with Crippen LogP contribution in [0.1, 0.15) is 12.7 Å². The molecule has 166 valence electrons. The number of fused-ring (bicyclic) bond motifs is 1. The second-order valence-corrected chi connectivity index (χ2v) is 7.43. The first-order valence-electron chi connectivity index (χ1n) is 9.15. The zero-order chi connectivity index (χ0) is 22.5. The number of carbonyl (C=O) groups is 4. The third-order valence-corrected chi connectivity index (χ3v) is 5.73. The minimum Gasteiger partial charge on any atom is -0.477 e. The van der Waals surface area contributed by atoms with Gasteiger partial charge in [0, 0.05) is 17.9 Å². The average Bonchev–Trinajstić information content (AvgIpc) is 3.27. The number of carbonyl (C=O) groups excluding carboxylic acids is 3. The normalized spacial score (nSPS) is 20.5. The van der Waals surface area contributed by atoms with Gasteiger partial charge < -0.3 is 29.7 Å². The van der Waals surface area contributed by atoms with Crippen molar-refractivity contribution in [1.82, 2.24) is 15.5 Å². The first-order valence-corrected chi connectivity index (χ1v) is 10.2. The van der Waals surface area contributed by atoms with Crippen molar-refractivity contribution in [3.63, 3.8) is 0 Å². The molecule has 0 spiro atoms. The fourth-order valence-corrected chi connectivity index (χ4v) is 4.38. The molecule has 3 rings (SSSR count). The second-order valence-electron chi connectivity index (χ2n) is 6.32. The summed E-state index contributed by atoms with van der Waals surface area (Å²) in [6.07, 6.45) is 0.671. The first-order chi connectivity index (χ1) is 14.9. The largest absolute Gasteiger partial charge is 0.477 e. The molecule has 1 aromatic heterocycles. The summed E-state index contributed by atoms with van der Waals surface area (Å²) < 4.78 is 10.2. The van der Waals surface area contributed by atoms with Gasteiger partial charge in [0.15, 0.2) is 5.76 Å². The Morgan fingerprint density at radius 3 is 2.81 bits per heavy atom. The predicted molar refractivity (Wildman–Crippen MR) is 107 cm³/mol. The Morgan fingerprint density at radius 2 is 2.19 bits per heavy atom. The molecule has 1 aromatic rings.